The van der Waals surface area contributed by atoms with E-state index in [1.54, 1.807) is 25.1 Å². The zero-order valence-corrected chi connectivity index (χ0v) is 11.7. The van der Waals surface area contributed by atoms with Crippen molar-refractivity contribution < 1.29 is 14.3 Å². The van der Waals surface area contributed by atoms with E-state index < -0.39 is 12.0 Å². The molecule has 1 rings (SSSR count). The molecule has 19 heavy (non-hydrogen) atoms. The molecule has 0 saturated heterocycles. The molecule has 0 saturated carbocycles. The summed E-state index contributed by atoms with van der Waals surface area (Å²) in [6.07, 6.45) is 0. The number of carbonyl (C=O) groups excluding carboxylic acids is 2. The number of anilines is 1. The van der Waals surface area contributed by atoms with Crippen LogP contribution < -0.4 is 11.1 Å². The summed E-state index contributed by atoms with van der Waals surface area (Å²) in [6.45, 7) is 5.45. The van der Waals surface area contributed by atoms with Crippen LogP contribution in [0.3, 0.4) is 0 Å². The third kappa shape index (κ3) is 3.47. The number of ether oxygens (including phenoxy) is 1. The third-order valence-corrected chi connectivity index (χ3v) is 3.03. The highest BCUT2D eigenvalue weighted by molar-refractivity contribution is 5.99. The summed E-state index contributed by atoms with van der Waals surface area (Å²) in [4.78, 5) is 23.8. The van der Waals surface area contributed by atoms with E-state index in [-0.39, 0.29) is 11.8 Å². The van der Waals surface area contributed by atoms with Crippen molar-refractivity contribution in [2.45, 2.75) is 26.8 Å². The molecule has 1 atom stereocenters. The molecule has 104 valence electrons. The van der Waals surface area contributed by atoms with Gasteiger partial charge in [0, 0.05) is 11.3 Å². The van der Waals surface area contributed by atoms with Crippen molar-refractivity contribution >= 4 is 17.6 Å². The van der Waals surface area contributed by atoms with Gasteiger partial charge >= 0.3 is 5.97 Å². The van der Waals surface area contributed by atoms with Crippen LogP contribution in [-0.4, -0.2) is 25.0 Å². The van der Waals surface area contributed by atoms with Crippen LogP contribution in [0, 0.1) is 12.8 Å². The highest BCUT2D eigenvalue weighted by Gasteiger charge is 2.25. The first-order valence-corrected chi connectivity index (χ1v) is 6.12. The molecule has 5 nitrogen and oxygen atoms in total. The van der Waals surface area contributed by atoms with Gasteiger partial charge in [-0.2, -0.15) is 0 Å². The molecule has 0 unspecified atom stereocenters. The molecule has 0 fully saturated rings. The lowest BCUT2D eigenvalue weighted by molar-refractivity contribution is -0.144. The van der Waals surface area contributed by atoms with Gasteiger partial charge in [0.25, 0.3) is 5.91 Å². The molecule has 0 aliphatic heterocycles. The van der Waals surface area contributed by atoms with Crippen molar-refractivity contribution in [3.8, 4) is 0 Å². The lowest BCUT2D eigenvalue weighted by atomic mass is 10.0. The standard InChI is InChI=1S/C14H20N2O3/c1-8(2)12(14(18)19-4)16-13(17)10-6-5-7-11(15)9(10)3/h5-8,12H,15H2,1-4H3,(H,16,17)/t12-/m0/s1. The Hall–Kier alpha value is -2.04. The molecule has 0 spiro atoms. The monoisotopic (exact) mass is 264 g/mol. The summed E-state index contributed by atoms with van der Waals surface area (Å²) < 4.78 is 4.69. The van der Waals surface area contributed by atoms with Crippen molar-refractivity contribution in [2.24, 2.45) is 5.92 Å². The van der Waals surface area contributed by atoms with Crippen molar-refractivity contribution in [1.29, 1.82) is 0 Å². The second kappa shape index (κ2) is 6.22. The number of nitrogens with one attached hydrogen (secondary N) is 1. The first kappa shape index (κ1) is 15.0. The zero-order valence-electron chi connectivity index (χ0n) is 11.7. The fourth-order valence-electron chi connectivity index (χ4n) is 1.74. The summed E-state index contributed by atoms with van der Waals surface area (Å²) in [5.41, 5.74) is 7.48. The maximum atomic E-state index is 12.2. The number of rotatable bonds is 4. The molecular formula is C14H20N2O3. The van der Waals surface area contributed by atoms with E-state index in [0.717, 1.165) is 0 Å². The molecule has 1 aromatic rings. The van der Waals surface area contributed by atoms with Gasteiger partial charge in [0.1, 0.15) is 6.04 Å². The first-order valence-electron chi connectivity index (χ1n) is 6.12. The van der Waals surface area contributed by atoms with Gasteiger partial charge in [0.2, 0.25) is 0 Å². The fourth-order valence-corrected chi connectivity index (χ4v) is 1.74. The maximum absolute atomic E-state index is 12.2. The smallest absolute Gasteiger partial charge is 0.328 e. The highest BCUT2D eigenvalue weighted by Crippen LogP contribution is 2.16. The Labute approximate surface area is 113 Å². The Morgan fingerprint density at radius 1 is 1.32 bits per heavy atom. The molecule has 1 amide bonds. The molecule has 0 aliphatic carbocycles. The predicted molar refractivity (Wildman–Crippen MR) is 73.7 cm³/mol. The van der Waals surface area contributed by atoms with Crippen molar-refractivity contribution in [2.75, 3.05) is 12.8 Å². The quantitative estimate of drug-likeness (QED) is 0.638. The van der Waals surface area contributed by atoms with Crippen LogP contribution in [0.25, 0.3) is 0 Å². The molecular weight excluding hydrogens is 244 g/mol. The largest absolute Gasteiger partial charge is 0.467 e. The Kier molecular flexibility index (Phi) is 4.92. The van der Waals surface area contributed by atoms with E-state index in [2.05, 4.69) is 10.1 Å². The molecule has 1 aromatic carbocycles. The van der Waals surface area contributed by atoms with E-state index in [4.69, 9.17) is 5.73 Å². The number of nitrogen functional groups attached to an aromatic ring is 1. The average Bonchev–Trinajstić information content (AvgIpc) is 2.37. The van der Waals surface area contributed by atoms with Gasteiger partial charge in [0.15, 0.2) is 0 Å². The Bertz CT molecular complexity index is 484. The second-order valence-corrected chi connectivity index (χ2v) is 4.74. The minimum Gasteiger partial charge on any atom is -0.467 e. The van der Waals surface area contributed by atoms with Crippen LogP contribution in [-0.2, 0) is 9.53 Å². The summed E-state index contributed by atoms with van der Waals surface area (Å²) in [5, 5.41) is 2.68. The Balaban J connectivity index is 2.94. The molecule has 5 heteroatoms. The summed E-state index contributed by atoms with van der Waals surface area (Å²) in [5.74, 6) is -0.837. The minimum absolute atomic E-state index is 0.0576. The van der Waals surface area contributed by atoms with E-state index in [0.29, 0.717) is 16.8 Å². The number of hydrogen-bond donors (Lipinski definition) is 2. The van der Waals surface area contributed by atoms with Gasteiger partial charge < -0.3 is 15.8 Å². The summed E-state index contributed by atoms with van der Waals surface area (Å²) in [6, 6.07) is 4.44. The lowest BCUT2D eigenvalue weighted by Crippen LogP contribution is -2.45. The van der Waals surface area contributed by atoms with E-state index in [1.807, 2.05) is 13.8 Å². The van der Waals surface area contributed by atoms with Crippen molar-refractivity contribution in [1.82, 2.24) is 5.32 Å². The fraction of sp³-hybridized carbons (Fsp3) is 0.429. The number of carbonyl (C=O) groups is 2. The van der Waals surface area contributed by atoms with E-state index in [1.165, 1.54) is 7.11 Å². The van der Waals surface area contributed by atoms with E-state index >= 15 is 0 Å². The number of hydrogen-bond acceptors (Lipinski definition) is 4. The highest BCUT2D eigenvalue weighted by atomic mass is 16.5. The van der Waals surface area contributed by atoms with Gasteiger partial charge in [-0.3, -0.25) is 4.79 Å². The molecule has 0 aliphatic rings. The van der Waals surface area contributed by atoms with Crippen molar-refractivity contribution in [3.05, 3.63) is 29.3 Å². The van der Waals surface area contributed by atoms with Crippen LogP contribution in [0.5, 0.6) is 0 Å². The molecule has 0 radical (unpaired) electrons. The zero-order chi connectivity index (χ0) is 14.6. The number of benzene rings is 1. The normalized spacial score (nSPS) is 12.1. The SMILES string of the molecule is COC(=O)[C@@H](NC(=O)c1cccc(N)c1C)C(C)C. The van der Waals surface area contributed by atoms with Crippen LogP contribution in [0.2, 0.25) is 0 Å². The maximum Gasteiger partial charge on any atom is 0.328 e. The van der Waals surface area contributed by atoms with Crippen molar-refractivity contribution in [3.63, 3.8) is 0 Å². The Morgan fingerprint density at radius 2 is 1.95 bits per heavy atom. The topological polar surface area (TPSA) is 81.4 Å². The number of nitrogens with two attached hydrogens (primary N) is 1. The number of methoxy groups -OCH3 is 1. The van der Waals surface area contributed by atoms with Crippen LogP contribution in [0.1, 0.15) is 29.8 Å². The van der Waals surface area contributed by atoms with Crippen LogP contribution >= 0.6 is 0 Å². The minimum atomic E-state index is -0.668. The lowest BCUT2D eigenvalue weighted by Gasteiger charge is -2.20. The van der Waals surface area contributed by atoms with E-state index in [9.17, 15) is 9.59 Å². The first-order chi connectivity index (χ1) is 8.88. The van der Waals surface area contributed by atoms with Gasteiger partial charge in [-0.05, 0) is 30.5 Å². The number of amides is 1. The van der Waals surface area contributed by atoms with Gasteiger partial charge in [-0.25, -0.2) is 4.79 Å². The third-order valence-electron chi connectivity index (χ3n) is 3.03. The number of esters is 1. The van der Waals surface area contributed by atoms with Gasteiger partial charge in [-0.15, -0.1) is 0 Å². The van der Waals surface area contributed by atoms with Gasteiger partial charge in [0.05, 0.1) is 7.11 Å². The molecule has 0 bridgehead atoms. The Morgan fingerprint density at radius 3 is 2.47 bits per heavy atom. The molecule has 0 aromatic heterocycles. The molecule has 3 N–H and O–H groups in total. The molecule has 0 heterocycles. The predicted octanol–water partition coefficient (Wildman–Crippen LogP) is 1.50. The second-order valence-electron chi connectivity index (χ2n) is 4.74. The summed E-state index contributed by atoms with van der Waals surface area (Å²) in [7, 11) is 1.30. The summed E-state index contributed by atoms with van der Waals surface area (Å²) >= 11 is 0. The van der Waals surface area contributed by atoms with Gasteiger partial charge in [-0.1, -0.05) is 19.9 Å². The van der Waals surface area contributed by atoms with Crippen LogP contribution in [0.15, 0.2) is 18.2 Å². The average molecular weight is 264 g/mol. The van der Waals surface area contributed by atoms with Crippen LogP contribution in [0.4, 0.5) is 5.69 Å².